The van der Waals surface area contributed by atoms with Gasteiger partial charge in [0.15, 0.2) is 0 Å². The van der Waals surface area contributed by atoms with Crippen LogP contribution in [0.5, 0.6) is 0 Å². The maximum absolute atomic E-state index is 14.7. The summed E-state index contributed by atoms with van der Waals surface area (Å²) in [4.78, 5) is 149. The van der Waals surface area contributed by atoms with Crippen molar-refractivity contribution < 1.29 is 58.2 Å². The number of hydrogen-bond acceptors (Lipinski definition) is 14. The zero-order chi connectivity index (χ0) is 63.5. The Morgan fingerprint density at radius 1 is 0.535 bits per heavy atom. The van der Waals surface area contributed by atoms with Crippen LogP contribution in [-0.2, 0) is 67.2 Å². The second-order valence-corrected chi connectivity index (χ2v) is 22.4. The van der Waals surface area contributed by atoms with Crippen LogP contribution in [-0.4, -0.2) is 152 Å². The van der Waals surface area contributed by atoms with E-state index in [2.05, 4.69) is 57.5 Å². The van der Waals surface area contributed by atoms with Crippen molar-refractivity contribution in [3.63, 3.8) is 0 Å². The average Bonchev–Trinajstić information content (AvgIpc) is 3.76. The maximum atomic E-state index is 14.7. The molecule has 4 aromatic rings. The van der Waals surface area contributed by atoms with Crippen molar-refractivity contribution in [2.24, 2.45) is 35.0 Å². The minimum absolute atomic E-state index is 0.0500. The summed E-state index contributed by atoms with van der Waals surface area (Å²) in [7, 11) is 0. The van der Waals surface area contributed by atoms with Crippen molar-refractivity contribution in [2.75, 3.05) is 13.1 Å². The van der Waals surface area contributed by atoms with Crippen molar-refractivity contribution in [1.29, 1.82) is 0 Å². The number of nitrogens with two attached hydrogens (primary N) is 3. The van der Waals surface area contributed by atoms with Crippen LogP contribution in [0.4, 0.5) is 0 Å². The second-order valence-electron chi connectivity index (χ2n) is 22.4. The van der Waals surface area contributed by atoms with Gasteiger partial charge in [-0.2, -0.15) is 0 Å². The van der Waals surface area contributed by atoms with Gasteiger partial charge >= 0.3 is 11.9 Å². The van der Waals surface area contributed by atoms with E-state index in [0.717, 1.165) is 10.9 Å². The Hall–Kier alpha value is -8.23. The van der Waals surface area contributed by atoms with E-state index in [0.29, 0.717) is 49.0 Å². The van der Waals surface area contributed by atoms with Gasteiger partial charge in [0.25, 0.3) is 0 Å². The summed E-state index contributed by atoms with van der Waals surface area (Å²) in [6.07, 6.45) is 5.80. The highest BCUT2D eigenvalue weighted by atomic mass is 16.4. The maximum Gasteiger partial charge on any atom is 0.326 e. The molecule has 0 aliphatic heterocycles. The molecule has 0 saturated carbocycles. The van der Waals surface area contributed by atoms with Gasteiger partial charge in [-0.05, 0) is 93.0 Å². The van der Waals surface area contributed by atoms with E-state index in [1.165, 1.54) is 12.5 Å². The van der Waals surface area contributed by atoms with E-state index in [1.807, 2.05) is 52.0 Å². The first-order chi connectivity index (χ1) is 41.0. The number of imidazole rings is 1. The van der Waals surface area contributed by atoms with Gasteiger partial charge in [0, 0.05) is 48.3 Å². The average molecular weight is 1200 g/mol. The molecule has 26 heteroatoms. The van der Waals surface area contributed by atoms with Gasteiger partial charge in [-0.3, -0.25) is 43.2 Å². The van der Waals surface area contributed by atoms with E-state index >= 15 is 0 Å². The number of carboxylic acids is 2. The molecule has 11 atom stereocenters. The summed E-state index contributed by atoms with van der Waals surface area (Å²) in [5.74, 6) is -10.4. The molecular weight excluding hydrogens is 1110 g/mol. The number of aliphatic carboxylic acids is 2. The Kier molecular flexibility index (Phi) is 29.3. The summed E-state index contributed by atoms with van der Waals surface area (Å²) in [5.41, 5.74) is 20.1. The highest BCUT2D eigenvalue weighted by molar-refractivity contribution is 5.99. The number of fused-ring (bicyclic) bond motifs is 1. The largest absolute Gasteiger partial charge is 0.481 e. The summed E-state index contributed by atoms with van der Waals surface area (Å²) in [5, 5.41) is 42.1. The normalized spacial score (nSPS) is 15.2. The van der Waals surface area contributed by atoms with Crippen LogP contribution in [0.15, 0.2) is 73.3 Å². The number of para-hydroxylation sites is 1. The first kappa shape index (κ1) is 70.3. The molecule has 8 amide bonds. The lowest BCUT2D eigenvalue weighted by molar-refractivity contribution is -0.143. The Balaban J connectivity index is 1.64. The van der Waals surface area contributed by atoms with Crippen molar-refractivity contribution in [2.45, 2.75) is 179 Å². The molecular formula is C60H90N14O12. The van der Waals surface area contributed by atoms with E-state index in [4.69, 9.17) is 17.2 Å². The molecule has 0 aliphatic rings. The van der Waals surface area contributed by atoms with E-state index in [-0.39, 0.29) is 69.7 Å². The van der Waals surface area contributed by atoms with Gasteiger partial charge in [0.2, 0.25) is 47.3 Å². The van der Waals surface area contributed by atoms with Gasteiger partial charge in [-0.1, -0.05) is 103 Å². The van der Waals surface area contributed by atoms with Crippen LogP contribution in [0, 0.1) is 17.8 Å². The van der Waals surface area contributed by atoms with Crippen LogP contribution in [0.25, 0.3) is 10.9 Å². The molecule has 0 spiro atoms. The zero-order valence-electron chi connectivity index (χ0n) is 50.1. The number of aromatic amines is 2. The Morgan fingerprint density at radius 3 is 1.60 bits per heavy atom. The van der Waals surface area contributed by atoms with Crippen molar-refractivity contribution in [3.05, 3.63) is 90.1 Å². The van der Waals surface area contributed by atoms with Crippen LogP contribution in [0.1, 0.15) is 123 Å². The second kappa shape index (κ2) is 35.9. The molecule has 18 N–H and O–H groups in total. The van der Waals surface area contributed by atoms with Crippen LogP contribution in [0.3, 0.4) is 0 Å². The number of carboxylic acid groups (broad SMARTS) is 2. The molecule has 86 heavy (non-hydrogen) atoms. The first-order valence-electron chi connectivity index (χ1n) is 29.6. The van der Waals surface area contributed by atoms with Crippen LogP contribution < -0.4 is 59.7 Å². The summed E-state index contributed by atoms with van der Waals surface area (Å²) < 4.78 is 0. The minimum atomic E-state index is -1.84. The Labute approximate surface area is 501 Å². The topological polar surface area (TPSA) is 430 Å². The van der Waals surface area contributed by atoms with Gasteiger partial charge in [0.1, 0.15) is 48.3 Å². The Morgan fingerprint density at radius 2 is 1.03 bits per heavy atom. The molecule has 26 nitrogen and oxygen atoms in total. The summed E-state index contributed by atoms with van der Waals surface area (Å²) >= 11 is 0. The molecule has 2 heterocycles. The summed E-state index contributed by atoms with van der Waals surface area (Å²) in [6, 6.07) is 3.66. The predicted molar refractivity (Wildman–Crippen MR) is 322 cm³/mol. The highest BCUT2D eigenvalue weighted by Gasteiger charge is 2.37. The van der Waals surface area contributed by atoms with Gasteiger partial charge < -0.3 is 79.9 Å². The number of H-pyrrole nitrogens is 2. The minimum Gasteiger partial charge on any atom is -0.481 e. The number of amides is 8. The smallest absolute Gasteiger partial charge is 0.326 e. The molecule has 0 fully saturated rings. The number of carbonyl (C=O) groups excluding carboxylic acids is 8. The third-order valence-electron chi connectivity index (χ3n) is 15.1. The lowest BCUT2D eigenvalue weighted by Crippen LogP contribution is -2.62. The third-order valence-corrected chi connectivity index (χ3v) is 15.1. The number of carbonyl (C=O) groups is 10. The van der Waals surface area contributed by atoms with Gasteiger partial charge in [-0.25, -0.2) is 9.78 Å². The fraction of sp³-hybridized carbons (Fsp3) is 0.550. The molecule has 2 aromatic carbocycles. The number of nitrogens with zero attached hydrogens (tertiary/aromatic N) is 1. The van der Waals surface area contributed by atoms with E-state index in [1.54, 1.807) is 50.4 Å². The van der Waals surface area contributed by atoms with Crippen molar-refractivity contribution in [1.82, 2.24) is 57.5 Å². The number of hydrogen-bond donors (Lipinski definition) is 15. The quantitative estimate of drug-likeness (QED) is 0.0278. The fourth-order valence-electron chi connectivity index (χ4n) is 9.57. The molecule has 2 aromatic heterocycles. The lowest BCUT2D eigenvalue weighted by atomic mass is 9.96. The molecule has 0 saturated heterocycles. The van der Waals surface area contributed by atoms with Gasteiger partial charge in [0.05, 0.1) is 18.8 Å². The highest BCUT2D eigenvalue weighted by Crippen LogP contribution is 2.21. The number of rotatable bonds is 39. The zero-order valence-corrected chi connectivity index (χ0v) is 50.1. The number of benzene rings is 2. The molecule has 0 unspecified atom stereocenters. The molecule has 4 rings (SSSR count). The third kappa shape index (κ3) is 22.6. The van der Waals surface area contributed by atoms with Crippen molar-refractivity contribution in [3.8, 4) is 0 Å². The lowest BCUT2D eigenvalue weighted by Gasteiger charge is -2.30. The molecule has 0 radical (unpaired) electrons. The fourth-order valence-corrected chi connectivity index (χ4v) is 9.57. The van der Waals surface area contributed by atoms with Gasteiger partial charge in [-0.15, -0.1) is 0 Å². The standard InChI is InChI=1S/C60H90N14O12/c1-7-35(5)50(63)58(83)72-44(26-34(3)4)53(78)69-46(28-38-31-65-41-21-13-12-20-40(38)41)55(80)67-42(22-14-16-24-61)52(77)71-48(30-49(75)76)57(82)74-51(36(6)8-2)59(84)73-45(27-37-18-10-9-11-19-37)54(79)70-47(29-39-32-64-33-66-39)56(81)68-43(60(85)86)23-15-17-25-62/h9-13,18-21,31-36,42-48,50-51,65H,7-8,14-17,22-30,61-63H2,1-6H3,(H,64,66)(H,67,80)(H,68,81)(H,69,78)(H,70,79)(H,71,77)(H,72,83)(H,73,84)(H,74,82)(H,75,76)(H,85,86)/t35-,36-,42-,43-,44-,45-,46-,47-,48-,50-,51-/m0/s1. The number of unbranched alkanes of at least 4 members (excludes halogenated alkanes) is 2. The van der Waals surface area contributed by atoms with Crippen LogP contribution >= 0.6 is 0 Å². The molecule has 0 bridgehead atoms. The van der Waals surface area contributed by atoms with E-state index in [9.17, 15) is 58.2 Å². The number of nitrogens with one attached hydrogen (secondary N) is 10. The SMILES string of the molecule is CC[C@H](C)[C@H](N)C(=O)N[C@@H](CC(C)C)C(=O)N[C@@H](Cc1c[nH]c2ccccc12)C(=O)N[C@@H](CCCCN)C(=O)N[C@@H](CC(=O)O)C(=O)N[C@H](C(=O)N[C@@H](Cc1ccccc1)C(=O)N[C@@H](Cc1cnc[nH]1)C(=O)N[C@@H](CCCCN)C(=O)O)[C@@H](C)CC. The summed E-state index contributed by atoms with van der Waals surface area (Å²) in [6.45, 7) is 11.3. The number of aromatic nitrogens is 3. The molecule has 0 aliphatic carbocycles. The predicted octanol–water partition coefficient (Wildman–Crippen LogP) is 1.08. The Bertz CT molecular complexity index is 2850. The monoisotopic (exact) mass is 1200 g/mol. The molecule has 472 valence electrons. The van der Waals surface area contributed by atoms with E-state index < -0.39 is 126 Å². The van der Waals surface area contributed by atoms with Crippen LogP contribution in [0.2, 0.25) is 0 Å². The van der Waals surface area contributed by atoms with Crippen molar-refractivity contribution >= 4 is 70.1 Å². The first-order valence-corrected chi connectivity index (χ1v) is 29.6.